The number of nitrogens with zero attached hydrogens (tertiary/aromatic N) is 1. The lowest BCUT2D eigenvalue weighted by Crippen LogP contribution is -2.25. The molecule has 0 fully saturated rings. The minimum absolute atomic E-state index is 0.000737. The fraction of sp³-hybridized carbons (Fsp3) is 0.214. The number of aromatic nitrogens is 1. The minimum Gasteiger partial charge on any atom is -0.482 e. The predicted octanol–water partition coefficient (Wildman–Crippen LogP) is 1.78. The molecule has 3 rings (SSSR count). The van der Waals surface area contributed by atoms with E-state index < -0.39 is 11.9 Å². The summed E-state index contributed by atoms with van der Waals surface area (Å²) in [4.78, 5) is 27.6. The molecule has 1 aromatic carbocycles. The fourth-order valence-electron chi connectivity index (χ4n) is 2.15. The van der Waals surface area contributed by atoms with E-state index in [0.29, 0.717) is 22.0 Å². The Balaban J connectivity index is 2.02. The molecule has 0 aliphatic carbocycles. The summed E-state index contributed by atoms with van der Waals surface area (Å²) in [7, 11) is 1.34. The molecule has 7 heteroatoms. The van der Waals surface area contributed by atoms with Crippen LogP contribution in [0.2, 0.25) is 0 Å². The number of carbonyl (C=O) groups excluding carboxylic acids is 2. The Bertz CT molecular complexity index is 684. The summed E-state index contributed by atoms with van der Waals surface area (Å²) in [6.07, 6.45) is 1.64. The number of ether oxygens (including phenoxy) is 2. The van der Waals surface area contributed by atoms with Crippen molar-refractivity contribution < 1.29 is 19.1 Å². The normalized spacial score (nSPS) is 14.6. The van der Waals surface area contributed by atoms with Crippen molar-refractivity contribution in [1.82, 2.24) is 4.98 Å². The van der Waals surface area contributed by atoms with Gasteiger partial charge >= 0.3 is 5.97 Å². The number of hydrogen-bond donors (Lipinski definition) is 1. The topological polar surface area (TPSA) is 77.5 Å². The molecule has 1 aliphatic rings. The Morgan fingerprint density at radius 1 is 1.52 bits per heavy atom. The van der Waals surface area contributed by atoms with Crippen LogP contribution in [-0.4, -0.2) is 30.6 Å². The highest BCUT2D eigenvalue weighted by atomic mass is 32.1. The smallest absolute Gasteiger partial charge is 0.320 e. The van der Waals surface area contributed by atoms with Gasteiger partial charge in [0.05, 0.1) is 12.8 Å². The van der Waals surface area contributed by atoms with E-state index >= 15 is 0 Å². The van der Waals surface area contributed by atoms with Crippen molar-refractivity contribution in [3.8, 4) is 5.75 Å². The maximum atomic E-state index is 12.1. The largest absolute Gasteiger partial charge is 0.482 e. The number of nitrogens with one attached hydrogen (secondary N) is 1. The number of anilines is 1. The Morgan fingerprint density at radius 2 is 2.38 bits per heavy atom. The van der Waals surface area contributed by atoms with Crippen LogP contribution in [0.5, 0.6) is 5.75 Å². The van der Waals surface area contributed by atoms with Gasteiger partial charge < -0.3 is 14.8 Å². The first-order valence-corrected chi connectivity index (χ1v) is 7.11. The first-order valence-electron chi connectivity index (χ1n) is 6.23. The van der Waals surface area contributed by atoms with Gasteiger partial charge in [-0.3, -0.25) is 9.59 Å². The van der Waals surface area contributed by atoms with E-state index in [-0.39, 0.29) is 12.5 Å². The molecule has 1 aliphatic heterocycles. The molecular formula is C14H12N2O4S. The van der Waals surface area contributed by atoms with Crippen LogP contribution in [0.25, 0.3) is 0 Å². The van der Waals surface area contributed by atoms with E-state index in [1.165, 1.54) is 18.4 Å². The third-order valence-corrected chi connectivity index (χ3v) is 3.95. The molecule has 1 amide bonds. The summed E-state index contributed by atoms with van der Waals surface area (Å²) in [5, 5.41) is 5.17. The van der Waals surface area contributed by atoms with Gasteiger partial charge in [0.15, 0.2) is 6.61 Å². The van der Waals surface area contributed by atoms with Crippen molar-refractivity contribution in [2.24, 2.45) is 0 Å². The Kier molecular flexibility index (Phi) is 3.57. The fourth-order valence-corrected chi connectivity index (χ4v) is 2.91. The van der Waals surface area contributed by atoms with Gasteiger partial charge in [0.2, 0.25) is 0 Å². The van der Waals surface area contributed by atoms with Gasteiger partial charge in [-0.1, -0.05) is 6.07 Å². The zero-order chi connectivity index (χ0) is 14.8. The van der Waals surface area contributed by atoms with Crippen molar-refractivity contribution in [3.05, 3.63) is 40.3 Å². The highest BCUT2D eigenvalue weighted by Crippen LogP contribution is 2.34. The lowest BCUT2D eigenvalue weighted by Gasteiger charge is -2.20. The molecule has 0 bridgehead atoms. The number of fused-ring (bicyclic) bond motifs is 1. The molecule has 1 aromatic heterocycles. The van der Waals surface area contributed by atoms with Crippen LogP contribution in [0.15, 0.2) is 29.8 Å². The Labute approximate surface area is 124 Å². The molecule has 0 spiro atoms. The van der Waals surface area contributed by atoms with Crippen LogP contribution in [0.4, 0.5) is 5.69 Å². The zero-order valence-electron chi connectivity index (χ0n) is 11.2. The zero-order valence-corrected chi connectivity index (χ0v) is 12.0. The quantitative estimate of drug-likeness (QED) is 0.875. The molecule has 21 heavy (non-hydrogen) atoms. The first kappa shape index (κ1) is 13.6. The van der Waals surface area contributed by atoms with Gasteiger partial charge in [-0.05, 0) is 17.7 Å². The molecule has 2 heterocycles. The monoisotopic (exact) mass is 304 g/mol. The summed E-state index contributed by atoms with van der Waals surface area (Å²) >= 11 is 1.38. The van der Waals surface area contributed by atoms with Crippen LogP contribution >= 0.6 is 11.3 Å². The molecule has 0 radical (unpaired) electrons. The van der Waals surface area contributed by atoms with Gasteiger partial charge in [0.25, 0.3) is 5.91 Å². The minimum atomic E-state index is -0.612. The van der Waals surface area contributed by atoms with E-state index in [0.717, 1.165) is 0 Å². The van der Waals surface area contributed by atoms with E-state index in [1.54, 1.807) is 29.8 Å². The lowest BCUT2D eigenvalue weighted by molar-refractivity contribution is -0.141. The highest BCUT2D eigenvalue weighted by molar-refractivity contribution is 7.09. The van der Waals surface area contributed by atoms with Crippen molar-refractivity contribution >= 4 is 28.9 Å². The van der Waals surface area contributed by atoms with Gasteiger partial charge in [-0.15, -0.1) is 11.3 Å². The lowest BCUT2D eigenvalue weighted by atomic mass is 9.98. The average molecular weight is 304 g/mol. The second-order valence-corrected chi connectivity index (χ2v) is 5.35. The molecule has 1 N–H and O–H groups in total. The molecule has 108 valence electrons. The number of amides is 1. The molecule has 1 unspecified atom stereocenters. The second kappa shape index (κ2) is 5.53. The van der Waals surface area contributed by atoms with E-state index in [9.17, 15) is 9.59 Å². The van der Waals surface area contributed by atoms with Crippen molar-refractivity contribution in [3.63, 3.8) is 0 Å². The van der Waals surface area contributed by atoms with Gasteiger partial charge in [-0.25, -0.2) is 4.98 Å². The van der Waals surface area contributed by atoms with Gasteiger partial charge in [-0.2, -0.15) is 0 Å². The van der Waals surface area contributed by atoms with Crippen LogP contribution in [-0.2, 0) is 14.3 Å². The predicted molar refractivity (Wildman–Crippen MR) is 76.5 cm³/mol. The number of rotatable bonds is 3. The molecule has 1 atom stereocenters. The summed E-state index contributed by atoms with van der Waals surface area (Å²) in [5.41, 5.74) is 1.25. The highest BCUT2D eigenvalue weighted by Gasteiger charge is 2.28. The number of methoxy groups -OCH3 is 1. The third-order valence-electron chi connectivity index (χ3n) is 3.11. The standard InChI is InChI=1S/C14H12N2O4S/c1-19-14(18)12(13-15-4-5-21-13)8-2-3-10-9(6-8)16-11(17)7-20-10/h2-6,12H,7H2,1H3,(H,16,17). The SMILES string of the molecule is COC(=O)C(c1ccc2c(c1)NC(=O)CO2)c1nccs1. The number of benzene rings is 1. The maximum absolute atomic E-state index is 12.1. The summed E-state index contributed by atoms with van der Waals surface area (Å²) in [6.45, 7) is -0.000737. The Morgan fingerprint density at radius 3 is 3.10 bits per heavy atom. The average Bonchev–Trinajstić information content (AvgIpc) is 3.00. The summed E-state index contributed by atoms with van der Waals surface area (Å²) in [5.74, 6) is -0.642. The van der Waals surface area contributed by atoms with Crippen molar-refractivity contribution in [2.75, 3.05) is 19.0 Å². The molecule has 2 aromatic rings. The number of carbonyl (C=O) groups is 2. The van der Waals surface area contributed by atoms with E-state index in [4.69, 9.17) is 9.47 Å². The number of hydrogen-bond acceptors (Lipinski definition) is 6. The molecule has 6 nitrogen and oxygen atoms in total. The van der Waals surface area contributed by atoms with E-state index in [1.807, 2.05) is 0 Å². The second-order valence-electron chi connectivity index (χ2n) is 4.42. The third kappa shape index (κ3) is 2.59. The summed E-state index contributed by atoms with van der Waals surface area (Å²) in [6, 6.07) is 5.22. The first-order chi connectivity index (χ1) is 10.2. The Hall–Kier alpha value is -2.41. The summed E-state index contributed by atoms with van der Waals surface area (Å²) < 4.78 is 10.2. The molecule has 0 saturated carbocycles. The van der Waals surface area contributed by atoms with Gasteiger partial charge in [0.1, 0.15) is 16.7 Å². The van der Waals surface area contributed by atoms with E-state index in [2.05, 4.69) is 10.3 Å². The van der Waals surface area contributed by atoms with Crippen LogP contribution in [0, 0.1) is 0 Å². The number of esters is 1. The number of thiazole rings is 1. The maximum Gasteiger partial charge on any atom is 0.320 e. The van der Waals surface area contributed by atoms with Crippen LogP contribution in [0.3, 0.4) is 0 Å². The molecule has 0 saturated heterocycles. The van der Waals surface area contributed by atoms with Gasteiger partial charge in [0, 0.05) is 11.6 Å². The van der Waals surface area contributed by atoms with Crippen LogP contribution in [0.1, 0.15) is 16.5 Å². The van der Waals surface area contributed by atoms with Crippen molar-refractivity contribution in [1.29, 1.82) is 0 Å². The molecular weight excluding hydrogens is 292 g/mol. The van der Waals surface area contributed by atoms with Crippen molar-refractivity contribution in [2.45, 2.75) is 5.92 Å². The van der Waals surface area contributed by atoms with Crippen LogP contribution < -0.4 is 10.1 Å².